The zero-order chi connectivity index (χ0) is 17.8. The van der Waals surface area contributed by atoms with Crippen molar-refractivity contribution in [2.24, 2.45) is 0 Å². The third-order valence-corrected chi connectivity index (χ3v) is 3.80. The summed E-state index contributed by atoms with van der Waals surface area (Å²) in [5, 5.41) is 3.63. The highest BCUT2D eigenvalue weighted by Crippen LogP contribution is 2.28. The van der Waals surface area contributed by atoms with E-state index in [2.05, 4.69) is 11.4 Å². The summed E-state index contributed by atoms with van der Waals surface area (Å²) in [5.41, 5.74) is 2.87. The van der Waals surface area contributed by atoms with Crippen molar-refractivity contribution in [3.8, 4) is 11.5 Å². The van der Waals surface area contributed by atoms with Gasteiger partial charge < -0.3 is 19.2 Å². The Morgan fingerprint density at radius 1 is 1.12 bits per heavy atom. The van der Waals surface area contributed by atoms with Crippen molar-refractivity contribution in [1.82, 2.24) is 5.32 Å². The van der Waals surface area contributed by atoms with Gasteiger partial charge in [0.1, 0.15) is 12.4 Å². The summed E-state index contributed by atoms with van der Waals surface area (Å²) in [6.07, 6.45) is 0. The predicted molar refractivity (Wildman–Crippen MR) is 96.5 cm³/mol. The van der Waals surface area contributed by atoms with Gasteiger partial charge in [0.25, 0.3) is 5.91 Å². The van der Waals surface area contributed by atoms with E-state index in [1.807, 2.05) is 38.1 Å². The van der Waals surface area contributed by atoms with Gasteiger partial charge in [0, 0.05) is 5.39 Å². The zero-order valence-electron chi connectivity index (χ0n) is 14.6. The lowest BCUT2D eigenvalue weighted by Crippen LogP contribution is -2.27. The summed E-state index contributed by atoms with van der Waals surface area (Å²) in [7, 11) is 1.57. The molecule has 0 fully saturated rings. The highest BCUT2D eigenvalue weighted by Gasteiger charge is 2.14. The molecule has 1 heterocycles. The number of hydrogen-bond acceptors (Lipinski definition) is 4. The second kappa shape index (κ2) is 7.30. The van der Waals surface area contributed by atoms with Crippen LogP contribution in [0.3, 0.4) is 0 Å². The maximum Gasteiger partial charge on any atom is 0.287 e. The lowest BCUT2D eigenvalue weighted by molar-refractivity contribution is 0.0921. The summed E-state index contributed by atoms with van der Waals surface area (Å²) < 4.78 is 16.5. The number of benzene rings is 2. The molecule has 0 aliphatic heterocycles. The van der Waals surface area contributed by atoms with Crippen LogP contribution in [0.5, 0.6) is 11.5 Å². The molecule has 1 aromatic heterocycles. The molecule has 0 radical (unpaired) electrons. The minimum absolute atomic E-state index is 0.255. The first kappa shape index (κ1) is 16.9. The number of methoxy groups -OCH3 is 1. The molecule has 5 nitrogen and oxygen atoms in total. The number of para-hydroxylation sites is 1. The van der Waals surface area contributed by atoms with Crippen LogP contribution >= 0.6 is 0 Å². The number of aryl methyl sites for hydroxylation is 2. The Morgan fingerprint density at radius 2 is 1.88 bits per heavy atom. The normalized spacial score (nSPS) is 10.7. The summed E-state index contributed by atoms with van der Waals surface area (Å²) in [6, 6.07) is 13.3. The number of carbonyl (C=O) groups excluding carboxylic acids is 1. The second-order valence-electron chi connectivity index (χ2n) is 5.92. The Hall–Kier alpha value is -2.95. The molecule has 25 heavy (non-hydrogen) atoms. The van der Waals surface area contributed by atoms with E-state index < -0.39 is 0 Å². The fraction of sp³-hybridized carbons (Fsp3) is 0.250. The average Bonchev–Trinajstić information content (AvgIpc) is 3.02. The molecule has 3 aromatic rings. The lowest BCUT2D eigenvalue weighted by atomic mass is 10.1. The Morgan fingerprint density at radius 3 is 2.60 bits per heavy atom. The maximum absolute atomic E-state index is 12.2. The third kappa shape index (κ3) is 3.94. The average molecular weight is 339 g/mol. The Kier molecular flexibility index (Phi) is 4.93. The Balaban J connectivity index is 1.57. The van der Waals surface area contributed by atoms with Crippen molar-refractivity contribution in [3.05, 3.63) is 59.4 Å². The maximum atomic E-state index is 12.2. The summed E-state index contributed by atoms with van der Waals surface area (Å²) >= 11 is 0. The monoisotopic (exact) mass is 339 g/mol. The van der Waals surface area contributed by atoms with Crippen LogP contribution in [0.2, 0.25) is 0 Å². The van der Waals surface area contributed by atoms with E-state index in [9.17, 15) is 4.79 Å². The molecule has 1 N–H and O–H groups in total. The molecular weight excluding hydrogens is 318 g/mol. The summed E-state index contributed by atoms with van der Waals surface area (Å²) in [4.78, 5) is 12.2. The lowest BCUT2D eigenvalue weighted by Gasteiger charge is -2.08. The van der Waals surface area contributed by atoms with Crippen LogP contribution in [-0.2, 0) is 0 Å². The molecule has 130 valence electrons. The molecular formula is C20H21NO4. The fourth-order valence-electron chi connectivity index (χ4n) is 2.75. The number of nitrogens with one attached hydrogen (secondary N) is 1. The minimum atomic E-state index is -0.276. The van der Waals surface area contributed by atoms with Crippen molar-refractivity contribution in [1.29, 1.82) is 0 Å². The van der Waals surface area contributed by atoms with Gasteiger partial charge >= 0.3 is 0 Å². The molecule has 3 rings (SSSR count). The molecule has 0 bridgehead atoms. The molecule has 0 atom stereocenters. The zero-order valence-corrected chi connectivity index (χ0v) is 14.6. The fourth-order valence-corrected chi connectivity index (χ4v) is 2.75. The quantitative estimate of drug-likeness (QED) is 0.693. The molecule has 1 amide bonds. The predicted octanol–water partition coefficient (Wildman–Crippen LogP) is 3.87. The van der Waals surface area contributed by atoms with Crippen molar-refractivity contribution in [2.75, 3.05) is 20.3 Å². The van der Waals surface area contributed by atoms with E-state index in [4.69, 9.17) is 13.9 Å². The molecule has 0 aliphatic carbocycles. The molecule has 5 heteroatoms. The standard InChI is InChI=1S/C20H21NO4/c1-13-9-14(2)11-16(10-13)24-8-7-21-20(22)18-12-15-5-4-6-17(23-3)19(15)25-18/h4-6,9-12H,7-8H2,1-3H3,(H,21,22). The van der Waals surface area contributed by atoms with Gasteiger partial charge in [-0.25, -0.2) is 0 Å². The van der Waals surface area contributed by atoms with E-state index in [1.54, 1.807) is 19.2 Å². The van der Waals surface area contributed by atoms with E-state index >= 15 is 0 Å². The SMILES string of the molecule is COc1cccc2cc(C(=O)NCCOc3cc(C)cc(C)c3)oc12. The van der Waals surface area contributed by atoms with Gasteiger partial charge in [0.15, 0.2) is 17.1 Å². The highest BCUT2D eigenvalue weighted by molar-refractivity contribution is 5.97. The molecule has 0 saturated carbocycles. The van der Waals surface area contributed by atoms with Crippen LogP contribution in [0.4, 0.5) is 0 Å². The molecule has 0 saturated heterocycles. The number of amides is 1. The van der Waals surface area contributed by atoms with Gasteiger partial charge in [0.2, 0.25) is 0 Å². The van der Waals surface area contributed by atoms with E-state index in [-0.39, 0.29) is 11.7 Å². The van der Waals surface area contributed by atoms with Gasteiger partial charge in [0.05, 0.1) is 13.7 Å². The van der Waals surface area contributed by atoms with Crippen molar-refractivity contribution in [2.45, 2.75) is 13.8 Å². The number of carbonyl (C=O) groups is 1. The Labute approximate surface area is 146 Å². The Bertz CT molecular complexity index is 878. The topological polar surface area (TPSA) is 60.7 Å². The van der Waals surface area contributed by atoms with Gasteiger partial charge in [-0.15, -0.1) is 0 Å². The molecule has 0 spiro atoms. The van der Waals surface area contributed by atoms with E-state index in [0.717, 1.165) is 22.3 Å². The summed E-state index contributed by atoms with van der Waals surface area (Å²) in [5.74, 6) is 1.39. The van der Waals surface area contributed by atoms with Crippen LogP contribution < -0.4 is 14.8 Å². The van der Waals surface area contributed by atoms with Crippen LogP contribution in [0.25, 0.3) is 11.0 Å². The number of hydrogen-bond donors (Lipinski definition) is 1. The first-order valence-corrected chi connectivity index (χ1v) is 8.12. The minimum Gasteiger partial charge on any atom is -0.493 e. The molecule has 0 unspecified atom stereocenters. The number of ether oxygens (including phenoxy) is 2. The number of fused-ring (bicyclic) bond motifs is 1. The van der Waals surface area contributed by atoms with Crippen molar-refractivity contribution < 1.29 is 18.7 Å². The first-order chi connectivity index (χ1) is 12.1. The molecule has 0 aliphatic rings. The van der Waals surface area contributed by atoms with Crippen LogP contribution in [0.15, 0.2) is 46.9 Å². The third-order valence-electron chi connectivity index (χ3n) is 3.80. The van der Waals surface area contributed by atoms with Gasteiger partial charge in [-0.05, 0) is 49.2 Å². The summed E-state index contributed by atoms with van der Waals surface area (Å²) in [6.45, 7) is 4.83. The van der Waals surface area contributed by atoms with Gasteiger partial charge in [-0.1, -0.05) is 18.2 Å². The van der Waals surface area contributed by atoms with Gasteiger partial charge in [-0.2, -0.15) is 0 Å². The second-order valence-corrected chi connectivity index (χ2v) is 5.92. The first-order valence-electron chi connectivity index (χ1n) is 8.12. The van der Waals surface area contributed by atoms with E-state index in [1.165, 1.54) is 0 Å². The molecule has 2 aromatic carbocycles. The van der Waals surface area contributed by atoms with E-state index in [0.29, 0.717) is 24.5 Å². The number of rotatable bonds is 6. The smallest absolute Gasteiger partial charge is 0.287 e. The van der Waals surface area contributed by atoms with Crippen LogP contribution in [0, 0.1) is 13.8 Å². The van der Waals surface area contributed by atoms with Crippen molar-refractivity contribution >= 4 is 16.9 Å². The highest BCUT2D eigenvalue weighted by atomic mass is 16.5. The largest absolute Gasteiger partial charge is 0.493 e. The van der Waals surface area contributed by atoms with Crippen LogP contribution in [-0.4, -0.2) is 26.2 Å². The van der Waals surface area contributed by atoms with Crippen LogP contribution in [0.1, 0.15) is 21.7 Å². The number of furan rings is 1. The van der Waals surface area contributed by atoms with Gasteiger partial charge in [-0.3, -0.25) is 4.79 Å². The van der Waals surface area contributed by atoms with Crippen molar-refractivity contribution in [3.63, 3.8) is 0 Å².